The molecule has 1 N–H and O–H groups in total. The normalized spacial score (nSPS) is 17.6. The van der Waals surface area contributed by atoms with Crippen LogP contribution in [-0.2, 0) is 0 Å². The monoisotopic (exact) mass is 399 g/mol. The topological polar surface area (TPSA) is 65.8 Å². The van der Waals surface area contributed by atoms with E-state index >= 15 is 0 Å². The van der Waals surface area contributed by atoms with Crippen LogP contribution in [0.25, 0.3) is 10.9 Å². The number of halogens is 1. The first kappa shape index (κ1) is 19.6. The number of aromatic nitrogens is 1. The third-order valence-electron chi connectivity index (χ3n) is 5.74. The highest BCUT2D eigenvalue weighted by atomic mass is 19.1. The summed E-state index contributed by atoms with van der Waals surface area (Å²) in [5.74, 6) is -1.75. The van der Waals surface area contributed by atoms with Crippen molar-refractivity contribution in [2.24, 2.45) is 0 Å². The van der Waals surface area contributed by atoms with Crippen LogP contribution in [-0.4, -0.2) is 53.3 Å². The average Bonchev–Trinajstić information content (AvgIpc) is 3.52. The van der Waals surface area contributed by atoms with Gasteiger partial charge in [-0.25, -0.2) is 9.18 Å². The van der Waals surface area contributed by atoms with Gasteiger partial charge in [0.25, 0.3) is 0 Å². The van der Waals surface area contributed by atoms with Gasteiger partial charge < -0.3 is 14.6 Å². The van der Waals surface area contributed by atoms with Crippen LogP contribution in [0.4, 0.5) is 10.1 Å². The Balaban J connectivity index is 1.68. The van der Waals surface area contributed by atoms with E-state index in [0.29, 0.717) is 24.3 Å². The minimum Gasteiger partial charge on any atom is -0.477 e. The number of aromatic carboxylic acids is 1. The van der Waals surface area contributed by atoms with Crippen molar-refractivity contribution in [3.63, 3.8) is 0 Å². The van der Waals surface area contributed by atoms with E-state index in [0.717, 1.165) is 32.5 Å². The highest BCUT2D eigenvalue weighted by Gasteiger charge is 2.28. The van der Waals surface area contributed by atoms with E-state index in [9.17, 15) is 19.1 Å². The number of hydrogen-bond acceptors (Lipinski definition) is 4. The molecule has 0 radical (unpaired) electrons. The predicted octanol–water partition coefficient (Wildman–Crippen LogP) is 3.26. The molecule has 2 aliphatic rings. The quantitative estimate of drug-likeness (QED) is 0.782. The average molecular weight is 399 g/mol. The molecule has 0 amide bonds. The van der Waals surface area contributed by atoms with Gasteiger partial charge in [0.05, 0.1) is 11.2 Å². The number of carboxylic acids is 1. The molecule has 2 fully saturated rings. The summed E-state index contributed by atoms with van der Waals surface area (Å²) in [5, 5.41) is 9.50. The van der Waals surface area contributed by atoms with Gasteiger partial charge in [0.1, 0.15) is 11.4 Å². The molecular formula is C22H26FN3O3. The molecular weight excluding hydrogens is 373 g/mol. The third kappa shape index (κ3) is 3.92. The molecule has 0 atom stereocenters. The second-order valence-corrected chi connectivity index (χ2v) is 8.21. The molecule has 1 aromatic carbocycles. The zero-order chi connectivity index (χ0) is 20.7. The van der Waals surface area contributed by atoms with Crippen molar-refractivity contribution in [2.45, 2.75) is 32.7 Å². The van der Waals surface area contributed by atoms with Gasteiger partial charge in [-0.05, 0) is 38.8 Å². The maximum atomic E-state index is 15.0. The Morgan fingerprint density at radius 2 is 1.90 bits per heavy atom. The summed E-state index contributed by atoms with van der Waals surface area (Å²) in [6, 6.07) is 3.12. The van der Waals surface area contributed by atoms with Gasteiger partial charge in [0, 0.05) is 50.3 Å². The van der Waals surface area contributed by atoms with Gasteiger partial charge in [0.15, 0.2) is 0 Å². The van der Waals surface area contributed by atoms with Gasteiger partial charge in [-0.3, -0.25) is 9.69 Å². The Kier molecular flexibility index (Phi) is 5.17. The van der Waals surface area contributed by atoms with Crippen molar-refractivity contribution >= 4 is 22.6 Å². The molecule has 7 heteroatoms. The number of benzene rings is 1. The number of pyridine rings is 1. The number of hydrogen-bond donors (Lipinski definition) is 1. The zero-order valence-electron chi connectivity index (χ0n) is 16.8. The minimum absolute atomic E-state index is 0.139. The van der Waals surface area contributed by atoms with Crippen LogP contribution in [0.15, 0.2) is 34.8 Å². The number of rotatable bonds is 5. The number of fused-ring (bicyclic) bond motifs is 1. The van der Waals surface area contributed by atoms with Crippen LogP contribution in [0.1, 0.15) is 43.1 Å². The van der Waals surface area contributed by atoms with Crippen molar-refractivity contribution in [3.8, 4) is 0 Å². The largest absolute Gasteiger partial charge is 0.477 e. The van der Waals surface area contributed by atoms with Gasteiger partial charge in [0.2, 0.25) is 5.43 Å². The van der Waals surface area contributed by atoms with E-state index in [1.807, 2.05) is 9.47 Å². The summed E-state index contributed by atoms with van der Waals surface area (Å²) >= 11 is 0. The van der Waals surface area contributed by atoms with Crippen molar-refractivity contribution in [3.05, 3.63) is 51.6 Å². The van der Waals surface area contributed by atoms with E-state index in [1.54, 1.807) is 6.07 Å². The molecule has 1 aliphatic carbocycles. The van der Waals surface area contributed by atoms with E-state index in [4.69, 9.17) is 0 Å². The molecule has 0 spiro atoms. The first-order valence-electron chi connectivity index (χ1n) is 10.1. The number of carbonyl (C=O) groups is 1. The molecule has 6 nitrogen and oxygen atoms in total. The first-order valence-corrected chi connectivity index (χ1v) is 10.1. The Labute approximate surface area is 168 Å². The Morgan fingerprint density at radius 1 is 1.21 bits per heavy atom. The summed E-state index contributed by atoms with van der Waals surface area (Å²) < 4.78 is 16.8. The fraction of sp³-hybridized carbons (Fsp3) is 0.455. The van der Waals surface area contributed by atoms with Gasteiger partial charge in [-0.1, -0.05) is 11.6 Å². The van der Waals surface area contributed by atoms with Crippen molar-refractivity contribution < 1.29 is 14.3 Å². The smallest absolute Gasteiger partial charge is 0.341 e. The maximum absolute atomic E-state index is 15.0. The number of carboxylic acid groups (broad SMARTS) is 1. The Hall–Kier alpha value is -2.67. The summed E-state index contributed by atoms with van der Waals surface area (Å²) in [5.41, 5.74) is 1.46. The SMILES string of the molecule is CC(C)=CCN1CCN(c2cc3c(cc2F)c(=O)c(C(=O)O)cn3C2CC2)CC1. The lowest BCUT2D eigenvalue weighted by molar-refractivity contribution is 0.0695. The molecule has 1 aliphatic heterocycles. The maximum Gasteiger partial charge on any atom is 0.341 e. The molecule has 29 heavy (non-hydrogen) atoms. The van der Waals surface area contributed by atoms with Crippen molar-refractivity contribution in [2.75, 3.05) is 37.6 Å². The van der Waals surface area contributed by atoms with Gasteiger partial charge in [-0.15, -0.1) is 0 Å². The summed E-state index contributed by atoms with van der Waals surface area (Å²) in [6.07, 6.45) is 5.49. The standard InChI is InChI=1S/C22H26FN3O3/c1-14(2)5-6-24-7-9-25(10-8-24)20-12-19-16(11-18(20)23)21(27)17(22(28)29)13-26(19)15-3-4-15/h5,11-13,15H,3-4,6-10H2,1-2H3,(H,28,29). The fourth-order valence-electron chi connectivity index (χ4n) is 3.89. The van der Waals surface area contributed by atoms with Crippen LogP contribution in [0.5, 0.6) is 0 Å². The van der Waals surface area contributed by atoms with Crippen LogP contribution in [0, 0.1) is 5.82 Å². The van der Waals surface area contributed by atoms with E-state index in [-0.39, 0.29) is 17.0 Å². The van der Waals surface area contributed by atoms with Crippen LogP contribution >= 0.6 is 0 Å². The van der Waals surface area contributed by atoms with Gasteiger partial charge in [-0.2, -0.15) is 0 Å². The fourth-order valence-corrected chi connectivity index (χ4v) is 3.89. The van der Waals surface area contributed by atoms with Crippen LogP contribution in [0.2, 0.25) is 0 Å². The number of nitrogens with zero attached hydrogens (tertiary/aromatic N) is 3. The Morgan fingerprint density at radius 3 is 2.48 bits per heavy atom. The van der Waals surface area contributed by atoms with Gasteiger partial charge >= 0.3 is 5.97 Å². The first-order chi connectivity index (χ1) is 13.8. The lowest BCUT2D eigenvalue weighted by Crippen LogP contribution is -2.46. The van der Waals surface area contributed by atoms with Crippen molar-refractivity contribution in [1.29, 1.82) is 0 Å². The molecule has 2 aromatic rings. The second-order valence-electron chi connectivity index (χ2n) is 8.21. The molecule has 0 unspecified atom stereocenters. The molecule has 0 bridgehead atoms. The highest BCUT2D eigenvalue weighted by Crippen LogP contribution is 2.38. The number of anilines is 1. The predicted molar refractivity (Wildman–Crippen MR) is 111 cm³/mol. The summed E-state index contributed by atoms with van der Waals surface area (Å²) in [4.78, 5) is 28.4. The highest BCUT2D eigenvalue weighted by molar-refractivity contribution is 5.93. The molecule has 1 saturated heterocycles. The second kappa shape index (κ2) is 7.63. The van der Waals surface area contributed by atoms with Crippen LogP contribution < -0.4 is 10.3 Å². The van der Waals surface area contributed by atoms with E-state index < -0.39 is 17.2 Å². The lowest BCUT2D eigenvalue weighted by Gasteiger charge is -2.36. The number of piperazine rings is 1. The summed E-state index contributed by atoms with van der Waals surface area (Å²) in [6.45, 7) is 8.16. The number of allylic oxidation sites excluding steroid dienone is 1. The Bertz CT molecular complexity index is 1040. The minimum atomic E-state index is -1.27. The molecule has 1 aromatic heterocycles. The van der Waals surface area contributed by atoms with E-state index in [1.165, 1.54) is 17.8 Å². The summed E-state index contributed by atoms with van der Waals surface area (Å²) in [7, 11) is 0. The molecule has 2 heterocycles. The molecule has 154 valence electrons. The third-order valence-corrected chi connectivity index (χ3v) is 5.74. The zero-order valence-corrected chi connectivity index (χ0v) is 16.8. The lowest BCUT2D eigenvalue weighted by atomic mass is 10.1. The molecule has 4 rings (SSSR count). The van der Waals surface area contributed by atoms with Crippen molar-refractivity contribution in [1.82, 2.24) is 9.47 Å². The van der Waals surface area contributed by atoms with Crippen LogP contribution in [0.3, 0.4) is 0 Å². The van der Waals surface area contributed by atoms with E-state index in [2.05, 4.69) is 24.8 Å². The molecule has 1 saturated carbocycles.